The first kappa shape index (κ1) is 12.7. The fraction of sp³-hybridized carbons (Fsp3) is 0.214. The summed E-state index contributed by atoms with van der Waals surface area (Å²) >= 11 is 5.85. The summed E-state index contributed by atoms with van der Waals surface area (Å²) in [5.41, 5.74) is 2.67. The van der Waals surface area contributed by atoms with Crippen LogP contribution in [-0.4, -0.2) is 12.1 Å². The number of hydrogen-bond acceptors (Lipinski definition) is 2. The lowest BCUT2D eigenvalue weighted by Crippen LogP contribution is -2.03. The zero-order valence-corrected chi connectivity index (χ0v) is 11.0. The Kier molecular flexibility index (Phi) is 3.72. The Labute approximate surface area is 110 Å². The molecule has 0 bridgehead atoms. The van der Waals surface area contributed by atoms with Crippen LogP contribution in [-0.2, 0) is 6.42 Å². The predicted octanol–water partition coefficient (Wildman–Crippen LogP) is 3.27. The molecule has 0 atom stereocenters. The lowest BCUT2D eigenvalue weighted by atomic mass is 10.0. The molecule has 0 spiro atoms. The monoisotopic (exact) mass is 263 g/mol. The summed E-state index contributed by atoms with van der Waals surface area (Å²) in [6.07, 6.45) is 0.869. The van der Waals surface area contributed by atoms with Gasteiger partial charge in [0.05, 0.1) is 7.11 Å². The second kappa shape index (κ2) is 5.27. The summed E-state index contributed by atoms with van der Waals surface area (Å²) in [5.74, 6) is 0.859. The molecule has 1 aromatic heterocycles. The highest BCUT2D eigenvalue weighted by Crippen LogP contribution is 2.27. The number of methoxy groups -OCH3 is 1. The zero-order valence-electron chi connectivity index (χ0n) is 10.3. The number of pyridine rings is 1. The third-order valence-electron chi connectivity index (χ3n) is 2.81. The number of aromatic amines is 1. The number of benzene rings is 1. The van der Waals surface area contributed by atoms with E-state index in [0.29, 0.717) is 5.15 Å². The normalized spacial score (nSPS) is 10.4. The number of halogens is 1. The van der Waals surface area contributed by atoms with Crippen LogP contribution in [0, 0.1) is 0 Å². The molecule has 0 aliphatic rings. The van der Waals surface area contributed by atoms with Crippen molar-refractivity contribution in [3.8, 4) is 16.9 Å². The Hall–Kier alpha value is -1.74. The third kappa shape index (κ3) is 2.57. The summed E-state index contributed by atoms with van der Waals surface area (Å²) in [4.78, 5) is 13.9. The van der Waals surface area contributed by atoms with Crippen molar-refractivity contribution in [3.63, 3.8) is 0 Å². The van der Waals surface area contributed by atoms with E-state index >= 15 is 0 Å². The van der Waals surface area contributed by atoms with Crippen molar-refractivity contribution in [2.24, 2.45) is 0 Å². The SMILES string of the molecule is CCc1cc(-c2cc(Cl)[nH]c(=O)c2)ccc1OC. The molecule has 0 fully saturated rings. The molecule has 0 amide bonds. The van der Waals surface area contributed by atoms with Crippen molar-refractivity contribution in [3.05, 3.63) is 51.4 Å². The molecule has 3 nitrogen and oxygen atoms in total. The van der Waals surface area contributed by atoms with E-state index in [2.05, 4.69) is 11.9 Å². The van der Waals surface area contributed by atoms with Crippen LogP contribution in [0.15, 0.2) is 35.1 Å². The van der Waals surface area contributed by atoms with Gasteiger partial charge in [0.1, 0.15) is 10.9 Å². The topological polar surface area (TPSA) is 42.1 Å². The lowest BCUT2D eigenvalue weighted by Gasteiger charge is -2.09. The molecule has 0 saturated heterocycles. The summed E-state index contributed by atoms with van der Waals surface area (Å²) in [6.45, 7) is 2.06. The van der Waals surface area contributed by atoms with Gasteiger partial charge in [-0.15, -0.1) is 0 Å². The molecular weight excluding hydrogens is 250 g/mol. The number of H-pyrrole nitrogens is 1. The Morgan fingerprint density at radius 3 is 2.61 bits per heavy atom. The van der Waals surface area contributed by atoms with E-state index in [-0.39, 0.29) is 5.56 Å². The van der Waals surface area contributed by atoms with Gasteiger partial charge in [0, 0.05) is 6.07 Å². The highest BCUT2D eigenvalue weighted by atomic mass is 35.5. The Morgan fingerprint density at radius 2 is 2.00 bits per heavy atom. The summed E-state index contributed by atoms with van der Waals surface area (Å²) in [5, 5.41) is 0.339. The van der Waals surface area contributed by atoms with E-state index in [1.807, 2.05) is 18.2 Å². The fourth-order valence-corrected chi connectivity index (χ4v) is 2.12. The molecule has 18 heavy (non-hydrogen) atoms. The molecule has 94 valence electrons. The molecule has 0 saturated carbocycles. The molecule has 4 heteroatoms. The standard InChI is InChI=1S/C14H14ClNO2/c1-3-9-6-10(4-5-12(9)18-2)11-7-13(15)16-14(17)8-11/h4-8H,3H2,1-2H3,(H,16,17). The van der Waals surface area contributed by atoms with Crippen LogP contribution >= 0.6 is 11.6 Å². The first-order valence-corrected chi connectivity index (χ1v) is 6.09. The van der Waals surface area contributed by atoms with Gasteiger partial charge in [-0.1, -0.05) is 24.6 Å². The van der Waals surface area contributed by atoms with Crippen LogP contribution < -0.4 is 10.3 Å². The molecule has 0 aliphatic heterocycles. The van der Waals surface area contributed by atoms with E-state index in [1.54, 1.807) is 13.2 Å². The third-order valence-corrected chi connectivity index (χ3v) is 3.01. The number of rotatable bonds is 3. The van der Waals surface area contributed by atoms with E-state index in [0.717, 1.165) is 28.9 Å². The average Bonchev–Trinajstić information content (AvgIpc) is 2.36. The van der Waals surface area contributed by atoms with Crippen molar-refractivity contribution >= 4 is 11.6 Å². The van der Waals surface area contributed by atoms with Crippen molar-refractivity contribution in [2.45, 2.75) is 13.3 Å². The first-order valence-electron chi connectivity index (χ1n) is 5.71. The van der Waals surface area contributed by atoms with Gasteiger partial charge < -0.3 is 9.72 Å². The zero-order chi connectivity index (χ0) is 13.1. The highest BCUT2D eigenvalue weighted by Gasteiger charge is 2.06. The van der Waals surface area contributed by atoms with Gasteiger partial charge in [0.15, 0.2) is 0 Å². The maximum Gasteiger partial charge on any atom is 0.249 e. The molecule has 2 aromatic rings. The first-order chi connectivity index (χ1) is 8.63. The van der Waals surface area contributed by atoms with Gasteiger partial charge in [0.25, 0.3) is 0 Å². The van der Waals surface area contributed by atoms with Crippen LogP contribution in [0.3, 0.4) is 0 Å². The second-order valence-corrected chi connectivity index (χ2v) is 4.37. The largest absolute Gasteiger partial charge is 0.496 e. The van der Waals surface area contributed by atoms with Gasteiger partial charge in [-0.3, -0.25) is 4.79 Å². The van der Waals surface area contributed by atoms with Crippen LogP contribution in [0.1, 0.15) is 12.5 Å². The van der Waals surface area contributed by atoms with Crippen LogP contribution in [0.25, 0.3) is 11.1 Å². The fourth-order valence-electron chi connectivity index (χ4n) is 1.91. The molecule has 1 heterocycles. The van der Waals surface area contributed by atoms with E-state index in [1.165, 1.54) is 6.07 Å². The maximum atomic E-state index is 11.4. The minimum Gasteiger partial charge on any atom is -0.496 e. The van der Waals surface area contributed by atoms with Crippen molar-refractivity contribution in [1.82, 2.24) is 4.98 Å². The Bertz CT molecular complexity index is 619. The highest BCUT2D eigenvalue weighted by molar-refractivity contribution is 6.29. The van der Waals surface area contributed by atoms with Gasteiger partial charge in [-0.2, -0.15) is 0 Å². The van der Waals surface area contributed by atoms with Gasteiger partial charge in [-0.25, -0.2) is 0 Å². The number of aromatic nitrogens is 1. The maximum absolute atomic E-state index is 11.4. The van der Waals surface area contributed by atoms with E-state index < -0.39 is 0 Å². The number of hydrogen-bond donors (Lipinski definition) is 1. The molecule has 0 aliphatic carbocycles. The molecule has 2 rings (SSSR count). The van der Waals surface area contributed by atoms with Crippen LogP contribution in [0.2, 0.25) is 5.15 Å². The van der Waals surface area contributed by atoms with Crippen LogP contribution in [0.4, 0.5) is 0 Å². The van der Waals surface area contributed by atoms with Crippen molar-refractivity contribution in [2.75, 3.05) is 7.11 Å². The van der Waals surface area contributed by atoms with Crippen LogP contribution in [0.5, 0.6) is 5.75 Å². The lowest BCUT2D eigenvalue weighted by molar-refractivity contribution is 0.410. The Balaban J connectivity index is 2.54. The van der Waals surface area contributed by atoms with Gasteiger partial charge in [-0.05, 0) is 41.3 Å². The van der Waals surface area contributed by atoms with E-state index in [9.17, 15) is 4.79 Å². The smallest absolute Gasteiger partial charge is 0.249 e. The van der Waals surface area contributed by atoms with Crippen molar-refractivity contribution in [1.29, 1.82) is 0 Å². The van der Waals surface area contributed by atoms with Gasteiger partial charge >= 0.3 is 0 Å². The van der Waals surface area contributed by atoms with Crippen molar-refractivity contribution < 1.29 is 4.74 Å². The summed E-state index contributed by atoms with van der Waals surface area (Å²) in [6, 6.07) is 9.12. The molecule has 0 radical (unpaired) electrons. The summed E-state index contributed by atoms with van der Waals surface area (Å²) in [7, 11) is 1.65. The minimum atomic E-state index is -0.202. The average molecular weight is 264 g/mol. The minimum absolute atomic E-state index is 0.202. The van der Waals surface area contributed by atoms with E-state index in [4.69, 9.17) is 16.3 Å². The molecule has 1 N–H and O–H groups in total. The second-order valence-electron chi connectivity index (χ2n) is 3.96. The molecule has 0 unspecified atom stereocenters. The molecular formula is C14H14ClNO2. The Morgan fingerprint density at radius 1 is 1.22 bits per heavy atom. The molecule has 1 aromatic carbocycles. The number of nitrogens with one attached hydrogen (secondary N) is 1. The quantitative estimate of drug-likeness (QED) is 0.864. The predicted molar refractivity (Wildman–Crippen MR) is 73.4 cm³/mol. The summed E-state index contributed by atoms with van der Waals surface area (Å²) < 4.78 is 5.28. The number of aryl methyl sites for hydroxylation is 1. The van der Waals surface area contributed by atoms with Gasteiger partial charge in [0.2, 0.25) is 5.56 Å². The number of ether oxygens (including phenoxy) is 1.